The molecule has 16 heavy (non-hydrogen) atoms. The first kappa shape index (κ1) is 11.5. The van der Waals surface area contributed by atoms with Crippen LogP contribution in [0.15, 0.2) is 18.2 Å². The molecule has 0 saturated heterocycles. The van der Waals surface area contributed by atoms with Crippen molar-refractivity contribution in [2.75, 3.05) is 0 Å². The first-order chi connectivity index (χ1) is 7.37. The summed E-state index contributed by atoms with van der Waals surface area (Å²) >= 11 is 0. The first-order valence-corrected chi connectivity index (χ1v) is 5.55. The molecule has 0 spiro atoms. The van der Waals surface area contributed by atoms with E-state index in [1.807, 2.05) is 13.8 Å². The molecule has 3 heteroatoms. The highest BCUT2D eigenvalue weighted by molar-refractivity contribution is 5.28. The highest BCUT2D eigenvalue weighted by Gasteiger charge is 2.49. The van der Waals surface area contributed by atoms with Crippen LogP contribution in [0.4, 0.5) is 8.78 Å². The number of benzene rings is 1. The van der Waals surface area contributed by atoms with E-state index in [2.05, 4.69) is 0 Å². The van der Waals surface area contributed by atoms with E-state index in [9.17, 15) is 13.9 Å². The Morgan fingerprint density at radius 2 is 1.88 bits per heavy atom. The minimum Gasteiger partial charge on any atom is -0.384 e. The maximum Gasteiger partial charge on any atom is 0.129 e. The third kappa shape index (κ3) is 1.54. The van der Waals surface area contributed by atoms with Gasteiger partial charge in [0, 0.05) is 5.56 Å². The fourth-order valence-electron chi connectivity index (χ4n) is 2.65. The Morgan fingerprint density at radius 3 is 2.44 bits per heavy atom. The van der Waals surface area contributed by atoms with Gasteiger partial charge in [0.2, 0.25) is 0 Å². The largest absolute Gasteiger partial charge is 0.384 e. The summed E-state index contributed by atoms with van der Waals surface area (Å²) in [6, 6.07) is 3.27. The molecule has 88 valence electrons. The molecule has 1 nitrogen and oxygen atoms in total. The fourth-order valence-corrected chi connectivity index (χ4v) is 2.65. The lowest BCUT2D eigenvalue weighted by Gasteiger charge is -2.37. The number of hydrogen-bond donors (Lipinski definition) is 1. The lowest BCUT2D eigenvalue weighted by Crippen LogP contribution is -2.37. The number of rotatable bonds is 1. The van der Waals surface area contributed by atoms with E-state index >= 15 is 0 Å². The van der Waals surface area contributed by atoms with Crippen molar-refractivity contribution in [3.63, 3.8) is 0 Å². The van der Waals surface area contributed by atoms with E-state index in [1.54, 1.807) is 0 Å². The van der Waals surface area contributed by atoms with E-state index in [-0.39, 0.29) is 5.56 Å². The molecule has 1 aliphatic carbocycles. The van der Waals surface area contributed by atoms with Gasteiger partial charge >= 0.3 is 0 Å². The molecule has 1 fully saturated rings. The normalized spacial score (nSPS) is 28.3. The van der Waals surface area contributed by atoms with Gasteiger partial charge in [0.1, 0.15) is 11.6 Å². The topological polar surface area (TPSA) is 20.2 Å². The second-order valence-corrected chi connectivity index (χ2v) is 5.22. The summed E-state index contributed by atoms with van der Waals surface area (Å²) in [5.41, 5.74) is -1.57. The maximum atomic E-state index is 13.7. The van der Waals surface area contributed by atoms with Crippen LogP contribution in [-0.2, 0) is 5.60 Å². The number of halogens is 2. The van der Waals surface area contributed by atoms with Gasteiger partial charge < -0.3 is 5.11 Å². The van der Waals surface area contributed by atoms with Gasteiger partial charge in [-0.1, -0.05) is 13.8 Å². The van der Waals surface area contributed by atoms with E-state index in [4.69, 9.17) is 0 Å². The molecule has 1 aromatic rings. The Bertz CT molecular complexity index is 414. The van der Waals surface area contributed by atoms with Gasteiger partial charge in [0.25, 0.3) is 0 Å². The van der Waals surface area contributed by atoms with Crippen LogP contribution in [0, 0.1) is 17.0 Å². The highest BCUT2D eigenvalue weighted by Crippen LogP contribution is 2.52. The van der Waals surface area contributed by atoms with Crippen LogP contribution in [0.5, 0.6) is 0 Å². The quantitative estimate of drug-likeness (QED) is 0.778. The van der Waals surface area contributed by atoms with Crippen LogP contribution in [0.3, 0.4) is 0 Å². The Kier molecular flexibility index (Phi) is 2.54. The van der Waals surface area contributed by atoms with Crippen LogP contribution >= 0.6 is 0 Å². The molecule has 1 aromatic carbocycles. The zero-order valence-electron chi connectivity index (χ0n) is 9.56. The van der Waals surface area contributed by atoms with Crippen molar-refractivity contribution in [1.82, 2.24) is 0 Å². The average molecular weight is 226 g/mol. The average Bonchev–Trinajstić information content (AvgIpc) is 2.46. The smallest absolute Gasteiger partial charge is 0.129 e. The second-order valence-electron chi connectivity index (χ2n) is 5.22. The van der Waals surface area contributed by atoms with Crippen molar-refractivity contribution in [3.8, 4) is 0 Å². The highest BCUT2D eigenvalue weighted by atomic mass is 19.1. The summed E-state index contributed by atoms with van der Waals surface area (Å²) in [5, 5.41) is 10.6. The van der Waals surface area contributed by atoms with Gasteiger partial charge in [0.05, 0.1) is 5.60 Å². The monoisotopic (exact) mass is 226 g/mol. The Balaban J connectivity index is 2.55. The van der Waals surface area contributed by atoms with E-state index in [1.165, 1.54) is 0 Å². The SMILES string of the molecule is CC1(C)CCCC1(O)c1cc(F)ccc1F. The summed E-state index contributed by atoms with van der Waals surface area (Å²) in [6.07, 6.45) is 2.14. The predicted octanol–water partition coefficient (Wildman–Crippen LogP) is 3.36. The van der Waals surface area contributed by atoms with E-state index in [0.717, 1.165) is 31.0 Å². The fraction of sp³-hybridized carbons (Fsp3) is 0.538. The lowest BCUT2D eigenvalue weighted by molar-refractivity contribution is -0.0514. The summed E-state index contributed by atoms with van der Waals surface area (Å²) in [6.45, 7) is 3.79. The van der Waals surface area contributed by atoms with Crippen molar-refractivity contribution in [1.29, 1.82) is 0 Å². The van der Waals surface area contributed by atoms with Crippen LogP contribution in [-0.4, -0.2) is 5.11 Å². The van der Waals surface area contributed by atoms with Gasteiger partial charge in [0.15, 0.2) is 0 Å². The van der Waals surface area contributed by atoms with Crippen LogP contribution < -0.4 is 0 Å². The van der Waals surface area contributed by atoms with Crippen molar-refractivity contribution in [2.24, 2.45) is 5.41 Å². The minimum atomic E-state index is -1.25. The minimum absolute atomic E-state index is 0.0926. The predicted molar refractivity (Wildman–Crippen MR) is 57.9 cm³/mol. The number of aliphatic hydroxyl groups is 1. The zero-order valence-corrected chi connectivity index (χ0v) is 9.56. The Morgan fingerprint density at radius 1 is 1.19 bits per heavy atom. The molecule has 0 bridgehead atoms. The molecule has 0 aromatic heterocycles. The summed E-state index contributed by atoms with van der Waals surface area (Å²) in [5.74, 6) is -1.04. The molecule has 1 saturated carbocycles. The van der Waals surface area contributed by atoms with Crippen LogP contribution in [0.25, 0.3) is 0 Å². The summed E-state index contributed by atoms with van der Waals surface area (Å²) in [7, 11) is 0. The molecule has 0 amide bonds. The molecule has 0 heterocycles. The molecular formula is C13H16F2O. The molecule has 1 unspecified atom stereocenters. The van der Waals surface area contributed by atoms with Crippen molar-refractivity contribution in [3.05, 3.63) is 35.4 Å². The Hall–Kier alpha value is -0.960. The van der Waals surface area contributed by atoms with Crippen molar-refractivity contribution in [2.45, 2.75) is 38.7 Å². The third-order valence-electron chi connectivity index (χ3n) is 3.83. The van der Waals surface area contributed by atoms with Crippen LogP contribution in [0.1, 0.15) is 38.7 Å². The molecule has 1 aliphatic rings. The molecule has 1 atom stereocenters. The standard InChI is InChI=1S/C13H16F2O/c1-12(2)6-3-7-13(12,16)10-8-9(14)4-5-11(10)15/h4-5,8,16H,3,6-7H2,1-2H3. The maximum absolute atomic E-state index is 13.7. The van der Waals surface area contributed by atoms with Crippen LogP contribution in [0.2, 0.25) is 0 Å². The van der Waals surface area contributed by atoms with E-state index in [0.29, 0.717) is 6.42 Å². The zero-order chi connectivity index (χ0) is 12.0. The first-order valence-electron chi connectivity index (χ1n) is 5.55. The van der Waals surface area contributed by atoms with E-state index < -0.39 is 22.7 Å². The van der Waals surface area contributed by atoms with Gasteiger partial charge in [-0.05, 0) is 42.9 Å². The molecule has 0 aliphatic heterocycles. The van der Waals surface area contributed by atoms with Crippen molar-refractivity contribution >= 4 is 0 Å². The number of hydrogen-bond acceptors (Lipinski definition) is 1. The van der Waals surface area contributed by atoms with Crippen molar-refractivity contribution < 1.29 is 13.9 Å². The molecule has 2 rings (SSSR count). The Labute approximate surface area is 94.1 Å². The van der Waals surface area contributed by atoms with Gasteiger partial charge in [-0.25, -0.2) is 8.78 Å². The molecule has 0 radical (unpaired) electrons. The summed E-state index contributed by atoms with van der Waals surface area (Å²) < 4.78 is 26.8. The summed E-state index contributed by atoms with van der Waals surface area (Å²) in [4.78, 5) is 0. The molecule has 1 N–H and O–H groups in total. The van der Waals surface area contributed by atoms with Gasteiger partial charge in [-0.15, -0.1) is 0 Å². The lowest BCUT2D eigenvalue weighted by atomic mass is 9.73. The molecular weight excluding hydrogens is 210 g/mol. The second kappa shape index (κ2) is 3.52. The third-order valence-corrected chi connectivity index (χ3v) is 3.83. The van der Waals surface area contributed by atoms with Gasteiger partial charge in [-0.3, -0.25) is 0 Å². The van der Waals surface area contributed by atoms with Gasteiger partial charge in [-0.2, -0.15) is 0 Å².